The normalized spacial score (nSPS) is 11.6. The summed E-state index contributed by atoms with van der Waals surface area (Å²) in [7, 11) is -3.25. The number of halogens is 2. The van der Waals surface area contributed by atoms with E-state index in [4.69, 9.17) is 11.6 Å². The largest absolute Gasteiger partial charge is 0.357 e. The van der Waals surface area contributed by atoms with Gasteiger partial charge in [0.25, 0.3) is 0 Å². The highest BCUT2D eigenvalue weighted by Gasteiger charge is 2.12. The van der Waals surface area contributed by atoms with Gasteiger partial charge in [0.2, 0.25) is 0 Å². The van der Waals surface area contributed by atoms with E-state index in [1.54, 1.807) is 24.3 Å². The number of guanidine groups is 1. The molecule has 28 heavy (non-hydrogen) atoms. The van der Waals surface area contributed by atoms with Crippen LogP contribution in [0.3, 0.4) is 0 Å². The van der Waals surface area contributed by atoms with Crippen molar-refractivity contribution in [3.63, 3.8) is 0 Å². The van der Waals surface area contributed by atoms with E-state index in [-0.39, 0.29) is 29.7 Å². The van der Waals surface area contributed by atoms with Gasteiger partial charge in [-0.15, -0.1) is 24.0 Å². The maximum absolute atomic E-state index is 12.3. The van der Waals surface area contributed by atoms with Crippen molar-refractivity contribution in [3.8, 4) is 0 Å². The van der Waals surface area contributed by atoms with Crippen LogP contribution in [0.25, 0.3) is 0 Å². The molecule has 0 fully saturated rings. The van der Waals surface area contributed by atoms with Gasteiger partial charge >= 0.3 is 0 Å². The first kappa shape index (κ1) is 24.7. The Labute approximate surface area is 189 Å². The Morgan fingerprint density at radius 3 is 2.36 bits per heavy atom. The minimum atomic E-state index is -3.25. The van der Waals surface area contributed by atoms with Gasteiger partial charge in [0.15, 0.2) is 15.8 Å². The Morgan fingerprint density at radius 2 is 1.71 bits per heavy atom. The fraction of sp³-hybridized carbons (Fsp3) is 0.350. The standard InChI is InChI=1S/C20H26ClN3O2S.HI/c1-2-22-20(24-15-13-17-9-11-18(21)12-10-17)23-14-6-16-27(25,26)19-7-4-3-5-8-19;/h3-5,7-12H,2,6,13-16H2,1H3,(H2,22,23,24);1H. The third-order valence-corrected chi connectivity index (χ3v) is 5.98. The number of hydrogen-bond acceptors (Lipinski definition) is 3. The van der Waals surface area contributed by atoms with Gasteiger partial charge in [0.1, 0.15) is 0 Å². The molecule has 2 aromatic carbocycles. The lowest BCUT2D eigenvalue weighted by molar-refractivity contribution is 0.593. The van der Waals surface area contributed by atoms with Crippen LogP contribution in [-0.4, -0.2) is 39.8 Å². The molecule has 0 unspecified atom stereocenters. The predicted octanol–water partition coefficient (Wildman–Crippen LogP) is 3.92. The molecule has 0 aliphatic heterocycles. The van der Waals surface area contributed by atoms with Crippen molar-refractivity contribution >= 4 is 51.4 Å². The van der Waals surface area contributed by atoms with Crippen LogP contribution in [0.15, 0.2) is 64.5 Å². The van der Waals surface area contributed by atoms with Crippen LogP contribution in [-0.2, 0) is 16.3 Å². The fourth-order valence-corrected chi connectivity index (χ4v) is 3.95. The zero-order valence-corrected chi connectivity index (χ0v) is 19.8. The van der Waals surface area contributed by atoms with Crippen LogP contribution in [0.4, 0.5) is 0 Å². The minimum Gasteiger partial charge on any atom is -0.357 e. The van der Waals surface area contributed by atoms with Crippen molar-refractivity contribution in [2.75, 3.05) is 25.4 Å². The van der Waals surface area contributed by atoms with E-state index < -0.39 is 9.84 Å². The zero-order chi connectivity index (χ0) is 19.5. The predicted molar refractivity (Wildman–Crippen MR) is 128 cm³/mol. The highest BCUT2D eigenvalue weighted by atomic mass is 127. The molecule has 0 saturated carbocycles. The van der Waals surface area contributed by atoms with Crippen molar-refractivity contribution in [2.24, 2.45) is 4.99 Å². The fourth-order valence-electron chi connectivity index (χ4n) is 2.51. The second-order valence-electron chi connectivity index (χ2n) is 6.05. The van der Waals surface area contributed by atoms with Gasteiger partial charge in [0, 0.05) is 24.7 Å². The molecule has 0 saturated heterocycles. The van der Waals surface area contributed by atoms with Crippen molar-refractivity contribution in [1.29, 1.82) is 0 Å². The molecule has 2 rings (SSSR count). The number of sulfone groups is 1. The maximum atomic E-state index is 12.3. The third kappa shape index (κ3) is 8.79. The van der Waals surface area contributed by atoms with E-state index in [0.29, 0.717) is 23.8 Å². The van der Waals surface area contributed by atoms with E-state index in [9.17, 15) is 8.42 Å². The Balaban J connectivity index is 0.00000392. The van der Waals surface area contributed by atoms with Crippen molar-refractivity contribution in [1.82, 2.24) is 10.6 Å². The molecule has 0 amide bonds. The van der Waals surface area contributed by atoms with Crippen LogP contribution in [0.2, 0.25) is 5.02 Å². The summed E-state index contributed by atoms with van der Waals surface area (Å²) in [6.07, 6.45) is 1.33. The average molecular weight is 536 g/mol. The number of nitrogens with one attached hydrogen (secondary N) is 2. The van der Waals surface area contributed by atoms with Gasteiger partial charge < -0.3 is 10.6 Å². The molecule has 0 aromatic heterocycles. The monoisotopic (exact) mass is 535 g/mol. The molecule has 2 N–H and O–H groups in total. The summed E-state index contributed by atoms with van der Waals surface area (Å²) in [5.41, 5.74) is 1.19. The van der Waals surface area contributed by atoms with Crippen molar-refractivity contribution in [3.05, 3.63) is 65.2 Å². The first-order chi connectivity index (χ1) is 13.0. The second kappa shape index (κ2) is 13.0. The van der Waals surface area contributed by atoms with E-state index >= 15 is 0 Å². The highest BCUT2D eigenvalue weighted by molar-refractivity contribution is 14.0. The molecule has 0 atom stereocenters. The van der Waals surface area contributed by atoms with Gasteiger partial charge in [-0.2, -0.15) is 0 Å². The second-order valence-corrected chi connectivity index (χ2v) is 8.59. The summed E-state index contributed by atoms with van der Waals surface area (Å²) >= 11 is 5.89. The van der Waals surface area contributed by atoms with Gasteiger partial charge in [-0.1, -0.05) is 41.9 Å². The summed E-state index contributed by atoms with van der Waals surface area (Å²) in [5, 5.41) is 7.17. The van der Waals surface area contributed by atoms with Crippen LogP contribution in [0.5, 0.6) is 0 Å². The Kier molecular flexibility index (Phi) is 11.5. The minimum absolute atomic E-state index is 0. The molecule has 2 aromatic rings. The molecule has 0 spiro atoms. The lowest BCUT2D eigenvalue weighted by atomic mass is 10.1. The van der Waals surface area contributed by atoms with E-state index in [0.717, 1.165) is 24.5 Å². The molecule has 0 heterocycles. The summed E-state index contributed by atoms with van der Waals surface area (Å²) < 4.78 is 24.5. The van der Waals surface area contributed by atoms with Crippen LogP contribution < -0.4 is 10.6 Å². The molecule has 0 bridgehead atoms. The molecule has 8 heteroatoms. The summed E-state index contributed by atoms with van der Waals surface area (Å²) in [6.45, 7) is 3.92. The summed E-state index contributed by atoms with van der Waals surface area (Å²) in [5.74, 6) is 0.786. The number of rotatable bonds is 9. The molecule has 0 aliphatic carbocycles. The SMILES string of the molecule is CCNC(=NCCCS(=O)(=O)c1ccccc1)NCCc1ccc(Cl)cc1.I. The van der Waals surface area contributed by atoms with Crippen molar-refractivity contribution < 1.29 is 8.42 Å². The van der Waals surface area contributed by atoms with E-state index in [1.807, 2.05) is 37.3 Å². The maximum Gasteiger partial charge on any atom is 0.191 e. The molecular formula is C20H27ClIN3O2S. The molecule has 5 nitrogen and oxygen atoms in total. The average Bonchev–Trinajstić information content (AvgIpc) is 2.67. The quantitative estimate of drug-likeness (QED) is 0.221. The zero-order valence-electron chi connectivity index (χ0n) is 15.9. The Hall–Kier alpha value is -1.32. The lowest BCUT2D eigenvalue weighted by Gasteiger charge is -2.11. The topological polar surface area (TPSA) is 70.6 Å². The summed E-state index contributed by atoms with van der Waals surface area (Å²) in [6, 6.07) is 16.3. The smallest absolute Gasteiger partial charge is 0.191 e. The van der Waals surface area contributed by atoms with E-state index in [2.05, 4.69) is 15.6 Å². The third-order valence-electron chi connectivity index (χ3n) is 3.91. The number of nitrogens with zero attached hydrogens (tertiary/aromatic N) is 1. The Morgan fingerprint density at radius 1 is 1.04 bits per heavy atom. The molecular weight excluding hydrogens is 509 g/mol. The summed E-state index contributed by atoms with van der Waals surface area (Å²) in [4.78, 5) is 4.83. The highest BCUT2D eigenvalue weighted by Crippen LogP contribution is 2.11. The Bertz CT molecular complexity index is 828. The van der Waals surface area contributed by atoms with Gasteiger partial charge in [-0.25, -0.2) is 8.42 Å². The van der Waals surface area contributed by atoms with Gasteiger partial charge in [-0.05, 0) is 49.6 Å². The molecule has 0 radical (unpaired) electrons. The van der Waals surface area contributed by atoms with Crippen LogP contribution >= 0.6 is 35.6 Å². The molecule has 154 valence electrons. The lowest BCUT2D eigenvalue weighted by Crippen LogP contribution is -2.38. The van der Waals surface area contributed by atoms with Gasteiger partial charge in [0.05, 0.1) is 10.6 Å². The number of hydrogen-bond donors (Lipinski definition) is 2. The van der Waals surface area contributed by atoms with Crippen LogP contribution in [0, 0.1) is 0 Å². The van der Waals surface area contributed by atoms with Crippen molar-refractivity contribution in [2.45, 2.75) is 24.7 Å². The van der Waals surface area contributed by atoms with Gasteiger partial charge in [-0.3, -0.25) is 4.99 Å². The number of aliphatic imine (C=N–C) groups is 1. The molecule has 0 aliphatic rings. The van der Waals surface area contributed by atoms with E-state index in [1.165, 1.54) is 5.56 Å². The first-order valence-corrected chi connectivity index (χ1v) is 11.1. The van der Waals surface area contributed by atoms with Crippen LogP contribution in [0.1, 0.15) is 18.9 Å². The number of benzene rings is 2. The first-order valence-electron chi connectivity index (χ1n) is 9.05.